The first-order valence-corrected chi connectivity index (χ1v) is 10.4. The molecule has 1 unspecified atom stereocenters. The van der Waals surface area contributed by atoms with Crippen LogP contribution >= 0.6 is 0 Å². The summed E-state index contributed by atoms with van der Waals surface area (Å²) in [7, 11) is 0. The minimum Gasteiger partial charge on any atom is -0.458 e. The molecule has 0 saturated carbocycles. The van der Waals surface area contributed by atoms with Crippen LogP contribution in [0.15, 0.2) is 94.3 Å². The molecule has 5 rings (SSSR count). The molecule has 3 heteroatoms. The van der Waals surface area contributed by atoms with E-state index in [4.69, 9.17) is 9.73 Å². The van der Waals surface area contributed by atoms with Crippen molar-refractivity contribution in [3.8, 4) is 5.75 Å². The summed E-state index contributed by atoms with van der Waals surface area (Å²) >= 11 is 0. The SMILES string of the molecule is CC1=C2CCN(Cc3ccccc3C)C23CC=C(Oc2ccccc2)C=C3N=C1. The molecule has 3 nitrogen and oxygen atoms in total. The van der Waals surface area contributed by atoms with Gasteiger partial charge >= 0.3 is 0 Å². The second-order valence-corrected chi connectivity index (χ2v) is 8.13. The van der Waals surface area contributed by atoms with Crippen molar-refractivity contribution < 1.29 is 4.74 Å². The largest absolute Gasteiger partial charge is 0.458 e. The Balaban J connectivity index is 1.49. The number of ether oxygens (including phenoxy) is 1. The second-order valence-electron chi connectivity index (χ2n) is 8.13. The lowest BCUT2D eigenvalue weighted by molar-refractivity contribution is 0.181. The Morgan fingerprint density at radius 1 is 1.03 bits per heavy atom. The summed E-state index contributed by atoms with van der Waals surface area (Å²) < 4.78 is 6.13. The van der Waals surface area contributed by atoms with Crippen LogP contribution in [0.5, 0.6) is 5.75 Å². The number of nitrogens with zero attached hydrogens (tertiary/aromatic N) is 2. The molecule has 1 aliphatic carbocycles. The summed E-state index contributed by atoms with van der Waals surface area (Å²) in [6.45, 7) is 6.41. The highest BCUT2D eigenvalue weighted by Gasteiger charge is 2.50. The highest BCUT2D eigenvalue weighted by atomic mass is 16.5. The van der Waals surface area contributed by atoms with E-state index in [1.54, 1.807) is 0 Å². The fraction of sp³-hybridized carbons (Fsp3) is 0.269. The standard InChI is InChI=1S/C26H26N2O/c1-19-8-6-7-9-21(19)18-28-15-13-24-20(2)17-27-25-16-23(12-14-26(24,25)28)29-22-10-4-3-5-11-22/h3-12,16-17H,13-15,18H2,1-2H3. The van der Waals surface area contributed by atoms with Crippen LogP contribution in [0.4, 0.5) is 0 Å². The van der Waals surface area contributed by atoms with Crippen LogP contribution in [0.1, 0.15) is 30.9 Å². The van der Waals surface area contributed by atoms with Gasteiger partial charge in [0.05, 0.1) is 11.2 Å². The summed E-state index contributed by atoms with van der Waals surface area (Å²) in [6, 6.07) is 18.7. The van der Waals surface area contributed by atoms with Crippen molar-refractivity contribution in [1.82, 2.24) is 4.90 Å². The molecule has 2 aliphatic heterocycles. The number of likely N-dealkylation sites (tertiary alicyclic amines) is 1. The van der Waals surface area contributed by atoms with Gasteiger partial charge in [0.15, 0.2) is 0 Å². The first-order chi connectivity index (χ1) is 14.2. The van der Waals surface area contributed by atoms with Crippen molar-refractivity contribution in [3.63, 3.8) is 0 Å². The number of hydrogen-bond acceptors (Lipinski definition) is 3. The topological polar surface area (TPSA) is 24.8 Å². The van der Waals surface area contributed by atoms with Gasteiger partial charge in [-0.2, -0.15) is 0 Å². The third-order valence-corrected chi connectivity index (χ3v) is 6.45. The maximum Gasteiger partial charge on any atom is 0.127 e. The molecule has 0 amide bonds. The van der Waals surface area contributed by atoms with E-state index in [0.717, 1.165) is 43.1 Å². The smallest absolute Gasteiger partial charge is 0.127 e. The molecule has 0 radical (unpaired) electrons. The molecule has 3 aliphatic rings. The van der Waals surface area contributed by atoms with E-state index in [1.165, 1.54) is 22.3 Å². The van der Waals surface area contributed by atoms with E-state index in [-0.39, 0.29) is 5.54 Å². The van der Waals surface area contributed by atoms with Crippen molar-refractivity contribution >= 4 is 6.21 Å². The molecule has 2 aromatic rings. The minimum absolute atomic E-state index is 0.134. The van der Waals surface area contributed by atoms with Crippen molar-refractivity contribution in [2.45, 2.75) is 38.8 Å². The van der Waals surface area contributed by atoms with E-state index < -0.39 is 0 Å². The summed E-state index contributed by atoms with van der Waals surface area (Å²) in [5.74, 6) is 1.75. The van der Waals surface area contributed by atoms with Gasteiger partial charge in [-0.1, -0.05) is 42.5 Å². The normalized spacial score (nSPS) is 23.4. The molecular formula is C26H26N2O. The summed E-state index contributed by atoms with van der Waals surface area (Å²) in [5, 5.41) is 0. The van der Waals surface area contributed by atoms with Gasteiger partial charge in [0.2, 0.25) is 0 Å². The van der Waals surface area contributed by atoms with Crippen LogP contribution in [0.2, 0.25) is 0 Å². The van der Waals surface area contributed by atoms with Gasteiger partial charge in [-0.25, -0.2) is 0 Å². The molecule has 146 valence electrons. The van der Waals surface area contributed by atoms with Crippen LogP contribution in [-0.2, 0) is 6.54 Å². The third-order valence-electron chi connectivity index (χ3n) is 6.45. The van der Waals surface area contributed by atoms with Crippen LogP contribution < -0.4 is 4.74 Å². The molecule has 0 N–H and O–H groups in total. The molecule has 29 heavy (non-hydrogen) atoms. The number of hydrogen-bond donors (Lipinski definition) is 0. The van der Waals surface area contributed by atoms with Gasteiger partial charge in [0.1, 0.15) is 11.5 Å². The van der Waals surface area contributed by atoms with Gasteiger partial charge in [0, 0.05) is 25.4 Å². The molecule has 1 saturated heterocycles. The van der Waals surface area contributed by atoms with Crippen LogP contribution in [0, 0.1) is 6.92 Å². The predicted molar refractivity (Wildman–Crippen MR) is 118 cm³/mol. The van der Waals surface area contributed by atoms with Gasteiger partial charge < -0.3 is 4.74 Å². The summed E-state index contributed by atoms with van der Waals surface area (Å²) in [6.07, 6.45) is 8.40. The zero-order valence-electron chi connectivity index (χ0n) is 17.1. The number of aliphatic imine (C=N–C) groups is 1. The van der Waals surface area contributed by atoms with E-state index in [9.17, 15) is 0 Å². The van der Waals surface area contributed by atoms with Gasteiger partial charge in [-0.15, -0.1) is 0 Å². The monoisotopic (exact) mass is 382 g/mol. The van der Waals surface area contributed by atoms with Crippen molar-refractivity contribution in [2.24, 2.45) is 4.99 Å². The molecule has 2 aromatic carbocycles. The Hall–Kier alpha value is -2.91. The fourth-order valence-corrected chi connectivity index (χ4v) is 4.88. The maximum absolute atomic E-state index is 6.13. The number of para-hydroxylation sites is 1. The van der Waals surface area contributed by atoms with E-state index in [2.05, 4.69) is 55.2 Å². The number of aryl methyl sites for hydroxylation is 1. The average Bonchev–Trinajstić information content (AvgIpc) is 3.10. The van der Waals surface area contributed by atoms with E-state index >= 15 is 0 Å². The average molecular weight is 383 g/mol. The Morgan fingerprint density at radius 2 is 1.83 bits per heavy atom. The lowest BCUT2D eigenvalue weighted by Gasteiger charge is -2.43. The molecular weight excluding hydrogens is 356 g/mol. The van der Waals surface area contributed by atoms with Crippen molar-refractivity contribution in [2.75, 3.05) is 6.54 Å². The lowest BCUT2D eigenvalue weighted by Crippen LogP contribution is -2.48. The number of dihydropyridines is 1. The molecule has 1 fully saturated rings. The third kappa shape index (κ3) is 3.06. The van der Waals surface area contributed by atoms with Crippen LogP contribution in [-0.4, -0.2) is 23.2 Å². The number of rotatable bonds is 4. The minimum atomic E-state index is -0.134. The molecule has 0 aromatic heterocycles. The Labute approximate surface area is 172 Å². The van der Waals surface area contributed by atoms with E-state index in [1.807, 2.05) is 36.5 Å². The fourth-order valence-electron chi connectivity index (χ4n) is 4.88. The van der Waals surface area contributed by atoms with E-state index in [0.29, 0.717) is 0 Å². The second kappa shape index (κ2) is 7.16. The molecule has 1 atom stereocenters. The zero-order valence-corrected chi connectivity index (χ0v) is 17.1. The Kier molecular flexibility index (Phi) is 4.48. The Morgan fingerprint density at radius 3 is 2.66 bits per heavy atom. The zero-order chi connectivity index (χ0) is 19.8. The number of benzene rings is 2. The van der Waals surface area contributed by atoms with Gasteiger partial charge in [0.25, 0.3) is 0 Å². The summed E-state index contributed by atoms with van der Waals surface area (Å²) in [5.41, 5.74) is 6.55. The van der Waals surface area contributed by atoms with Gasteiger partial charge in [-0.05, 0) is 67.2 Å². The molecule has 2 heterocycles. The first-order valence-electron chi connectivity index (χ1n) is 10.4. The lowest BCUT2D eigenvalue weighted by atomic mass is 9.77. The number of allylic oxidation sites excluding steroid dienone is 2. The Bertz CT molecular complexity index is 1060. The quantitative estimate of drug-likeness (QED) is 0.688. The highest BCUT2D eigenvalue weighted by molar-refractivity contribution is 5.84. The molecule has 1 spiro atoms. The molecule has 0 bridgehead atoms. The van der Waals surface area contributed by atoms with Crippen LogP contribution in [0.3, 0.4) is 0 Å². The highest BCUT2D eigenvalue weighted by Crippen LogP contribution is 2.49. The maximum atomic E-state index is 6.13. The predicted octanol–water partition coefficient (Wildman–Crippen LogP) is 5.59. The van der Waals surface area contributed by atoms with Crippen LogP contribution in [0.25, 0.3) is 0 Å². The van der Waals surface area contributed by atoms with Crippen molar-refractivity contribution in [1.29, 1.82) is 0 Å². The van der Waals surface area contributed by atoms with Gasteiger partial charge in [-0.3, -0.25) is 9.89 Å². The van der Waals surface area contributed by atoms with Crippen molar-refractivity contribution in [3.05, 3.63) is 100 Å². The first kappa shape index (κ1) is 18.1. The summed E-state index contributed by atoms with van der Waals surface area (Å²) in [4.78, 5) is 7.51.